The Hall–Kier alpha value is -0.710. The Morgan fingerprint density at radius 2 is 1.71 bits per heavy atom. The molecule has 0 spiro atoms. The Balaban J connectivity index is 2.14. The lowest BCUT2D eigenvalue weighted by Gasteiger charge is -2.35. The molecule has 0 saturated carbocycles. The number of ether oxygens (including phenoxy) is 1. The van der Waals surface area contributed by atoms with Gasteiger partial charge in [0.15, 0.2) is 0 Å². The van der Waals surface area contributed by atoms with E-state index in [1.54, 1.807) is 0 Å². The van der Waals surface area contributed by atoms with E-state index in [0.717, 1.165) is 0 Å². The Kier molecular flexibility index (Phi) is 4.62. The molecule has 0 aromatic carbocycles. The normalized spacial score (nSPS) is 26.3. The molecule has 0 aromatic heterocycles. The fourth-order valence-electron chi connectivity index (χ4n) is 2.61. The van der Waals surface area contributed by atoms with Crippen LogP contribution in [0.25, 0.3) is 0 Å². The van der Waals surface area contributed by atoms with Gasteiger partial charge in [0.25, 0.3) is 0 Å². The van der Waals surface area contributed by atoms with Gasteiger partial charge in [-0.1, -0.05) is 0 Å². The second-order valence-electron chi connectivity index (χ2n) is 5.50. The van der Waals surface area contributed by atoms with Gasteiger partial charge < -0.3 is 9.84 Å². The monoisotopic (exact) mass is 341 g/mol. The molecule has 2 fully saturated rings. The van der Waals surface area contributed by atoms with Crippen molar-refractivity contribution in [1.82, 2.24) is 4.72 Å². The van der Waals surface area contributed by atoms with Crippen molar-refractivity contribution in [3.8, 4) is 0 Å². The Labute approximate surface area is 123 Å². The molecule has 0 amide bonds. The van der Waals surface area contributed by atoms with Crippen LogP contribution >= 0.6 is 0 Å². The van der Waals surface area contributed by atoms with Crippen molar-refractivity contribution in [3.05, 3.63) is 0 Å². The van der Waals surface area contributed by atoms with Crippen molar-refractivity contribution in [2.75, 3.05) is 24.7 Å². The third kappa shape index (κ3) is 3.74. The minimum atomic E-state index is -3.89. The predicted octanol–water partition coefficient (Wildman–Crippen LogP) is -0.883. The highest BCUT2D eigenvalue weighted by Gasteiger charge is 2.46. The maximum absolute atomic E-state index is 12.4. The minimum absolute atomic E-state index is 0.00384. The van der Waals surface area contributed by atoms with Gasteiger partial charge in [-0.3, -0.25) is 4.79 Å². The Morgan fingerprint density at radius 1 is 1.19 bits per heavy atom. The molecular weight excluding hydrogens is 322 g/mol. The fraction of sp³-hybridized carbons (Fsp3) is 0.909. The zero-order chi connectivity index (χ0) is 15.7. The van der Waals surface area contributed by atoms with Crippen LogP contribution in [-0.2, 0) is 29.4 Å². The third-order valence-corrected chi connectivity index (χ3v) is 7.77. The summed E-state index contributed by atoms with van der Waals surface area (Å²) in [5.74, 6) is -1.58. The molecule has 2 N–H and O–H groups in total. The number of hydrogen-bond acceptors (Lipinski definition) is 6. The smallest absolute Gasteiger partial charge is 0.325 e. The van der Waals surface area contributed by atoms with Crippen LogP contribution in [0.3, 0.4) is 0 Å². The lowest BCUT2D eigenvalue weighted by atomic mass is 9.92. The summed E-state index contributed by atoms with van der Waals surface area (Å²) in [4.78, 5) is 11.5. The standard InChI is InChI=1S/C11H19NO7S2/c13-10(14)11(3-5-19-6-4-11)12-21(17,18)9-1-7-20(15,16)8-2-9/h9,12H,1-8H2,(H,13,14). The van der Waals surface area contributed by atoms with Gasteiger partial charge in [0, 0.05) is 26.1 Å². The third-order valence-electron chi connectivity index (χ3n) is 4.03. The van der Waals surface area contributed by atoms with Gasteiger partial charge >= 0.3 is 5.97 Å². The number of sulfone groups is 1. The van der Waals surface area contributed by atoms with Crippen LogP contribution in [0, 0.1) is 0 Å². The summed E-state index contributed by atoms with van der Waals surface area (Å²) in [6.45, 7) is 0.349. The van der Waals surface area contributed by atoms with E-state index in [2.05, 4.69) is 4.72 Å². The molecular formula is C11H19NO7S2. The summed E-state index contributed by atoms with van der Waals surface area (Å²) in [5, 5.41) is 8.49. The number of nitrogens with one attached hydrogen (secondary N) is 1. The Morgan fingerprint density at radius 3 is 2.19 bits per heavy atom. The number of hydrogen-bond donors (Lipinski definition) is 2. The molecule has 0 aromatic rings. The highest BCUT2D eigenvalue weighted by Crippen LogP contribution is 2.26. The number of carboxylic acid groups (broad SMARTS) is 1. The largest absolute Gasteiger partial charge is 0.480 e. The van der Waals surface area contributed by atoms with Crippen molar-refractivity contribution in [2.24, 2.45) is 0 Å². The average Bonchev–Trinajstić information content (AvgIpc) is 2.38. The molecule has 8 nitrogen and oxygen atoms in total. The first-order valence-electron chi connectivity index (χ1n) is 6.71. The zero-order valence-corrected chi connectivity index (χ0v) is 13.1. The van der Waals surface area contributed by atoms with E-state index in [0.29, 0.717) is 0 Å². The van der Waals surface area contributed by atoms with Gasteiger partial charge in [-0.15, -0.1) is 0 Å². The van der Waals surface area contributed by atoms with Crippen LogP contribution in [0.2, 0.25) is 0 Å². The van der Waals surface area contributed by atoms with Crippen molar-refractivity contribution >= 4 is 25.8 Å². The van der Waals surface area contributed by atoms with E-state index >= 15 is 0 Å². The predicted molar refractivity (Wildman–Crippen MR) is 74.2 cm³/mol. The topological polar surface area (TPSA) is 127 Å². The number of carbonyl (C=O) groups is 1. The molecule has 2 saturated heterocycles. The van der Waals surface area contributed by atoms with Gasteiger partial charge in [-0.2, -0.15) is 4.72 Å². The van der Waals surface area contributed by atoms with Crippen LogP contribution in [0.1, 0.15) is 25.7 Å². The molecule has 0 unspecified atom stereocenters. The molecule has 2 rings (SSSR count). The van der Waals surface area contributed by atoms with Crippen molar-refractivity contribution in [3.63, 3.8) is 0 Å². The molecule has 122 valence electrons. The van der Waals surface area contributed by atoms with Crippen molar-refractivity contribution in [2.45, 2.75) is 36.5 Å². The van der Waals surface area contributed by atoms with E-state index in [4.69, 9.17) is 4.74 Å². The van der Waals surface area contributed by atoms with Crippen LogP contribution in [-0.4, -0.2) is 63.4 Å². The first-order valence-corrected chi connectivity index (χ1v) is 10.1. The molecule has 0 atom stereocenters. The minimum Gasteiger partial charge on any atom is -0.480 e. The fourth-order valence-corrected chi connectivity index (χ4v) is 6.26. The first kappa shape index (κ1) is 16.7. The molecule has 0 bridgehead atoms. The quantitative estimate of drug-likeness (QED) is 0.679. The Bertz CT molecular complexity index is 590. The van der Waals surface area contributed by atoms with Gasteiger partial charge in [-0.05, 0) is 12.8 Å². The molecule has 2 heterocycles. The first-order chi connectivity index (χ1) is 9.67. The summed E-state index contributed by atoms with van der Waals surface area (Å²) in [6, 6.07) is 0. The molecule has 2 aliphatic heterocycles. The summed E-state index contributed by atoms with van der Waals surface area (Å²) in [6.07, 6.45) is 0.132. The lowest BCUT2D eigenvalue weighted by Crippen LogP contribution is -2.59. The van der Waals surface area contributed by atoms with E-state index in [1.807, 2.05) is 0 Å². The second kappa shape index (κ2) is 5.82. The number of sulfonamides is 1. The highest BCUT2D eigenvalue weighted by molar-refractivity contribution is 7.92. The maximum atomic E-state index is 12.4. The number of rotatable bonds is 4. The zero-order valence-electron chi connectivity index (χ0n) is 11.4. The van der Waals surface area contributed by atoms with Gasteiger partial charge in [0.1, 0.15) is 15.4 Å². The van der Waals surface area contributed by atoms with Gasteiger partial charge in [0.2, 0.25) is 10.0 Å². The van der Waals surface area contributed by atoms with Crippen molar-refractivity contribution in [1.29, 1.82) is 0 Å². The maximum Gasteiger partial charge on any atom is 0.325 e. The molecule has 0 aliphatic carbocycles. The van der Waals surface area contributed by atoms with E-state index in [9.17, 15) is 26.7 Å². The second-order valence-corrected chi connectivity index (χ2v) is 9.76. The average molecular weight is 341 g/mol. The molecule has 0 radical (unpaired) electrons. The highest BCUT2D eigenvalue weighted by atomic mass is 32.2. The van der Waals surface area contributed by atoms with Crippen LogP contribution < -0.4 is 4.72 Å². The van der Waals surface area contributed by atoms with Crippen LogP contribution in [0.4, 0.5) is 0 Å². The SMILES string of the molecule is O=C(O)C1(NS(=O)(=O)C2CCS(=O)(=O)CC2)CCOCC1. The number of carboxylic acids is 1. The van der Waals surface area contributed by atoms with E-state index in [1.165, 1.54) is 0 Å². The molecule has 10 heteroatoms. The molecule has 2 aliphatic rings. The summed E-state index contributed by atoms with van der Waals surface area (Å²) >= 11 is 0. The van der Waals surface area contributed by atoms with E-state index in [-0.39, 0.29) is 50.4 Å². The lowest BCUT2D eigenvalue weighted by molar-refractivity contribution is -0.147. The van der Waals surface area contributed by atoms with Crippen LogP contribution in [0.15, 0.2) is 0 Å². The van der Waals surface area contributed by atoms with E-state index < -0.39 is 36.6 Å². The number of aliphatic carboxylic acids is 1. The summed E-state index contributed by atoms with van der Waals surface area (Å²) in [5.41, 5.74) is -1.55. The van der Waals surface area contributed by atoms with Crippen LogP contribution in [0.5, 0.6) is 0 Å². The van der Waals surface area contributed by atoms with Gasteiger partial charge in [0.05, 0.1) is 16.8 Å². The molecule has 21 heavy (non-hydrogen) atoms. The summed E-state index contributed by atoms with van der Waals surface area (Å²) < 4.78 is 54.8. The van der Waals surface area contributed by atoms with Gasteiger partial charge in [-0.25, -0.2) is 16.8 Å². The summed E-state index contributed by atoms with van der Waals surface area (Å²) in [7, 11) is -7.06. The van der Waals surface area contributed by atoms with Crippen molar-refractivity contribution < 1.29 is 31.5 Å².